The highest BCUT2D eigenvalue weighted by Gasteiger charge is 2.17. The van der Waals surface area contributed by atoms with E-state index in [1.165, 1.54) is 0 Å². The third-order valence-electron chi connectivity index (χ3n) is 3.73. The number of benzene rings is 2. The first-order chi connectivity index (χ1) is 11.7. The molecule has 0 aromatic heterocycles. The molecular formula is C20H24N2O2. The average Bonchev–Trinajstić information content (AvgIpc) is 2.61. The molecule has 2 aromatic carbocycles. The molecule has 0 aliphatic heterocycles. The summed E-state index contributed by atoms with van der Waals surface area (Å²) < 4.78 is 0. The van der Waals surface area contributed by atoms with Gasteiger partial charge in [0.2, 0.25) is 5.91 Å². The van der Waals surface area contributed by atoms with E-state index in [0.29, 0.717) is 18.5 Å². The van der Waals surface area contributed by atoms with E-state index in [0.717, 1.165) is 18.4 Å². The van der Waals surface area contributed by atoms with Crippen molar-refractivity contribution in [2.45, 2.75) is 32.2 Å². The quantitative estimate of drug-likeness (QED) is 0.578. The third kappa shape index (κ3) is 5.54. The van der Waals surface area contributed by atoms with Crippen LogP contribution in [-0.2, 0) is 11.2 Å². The number of unbranched alkanes of at least 4 members (excludes halogenated alkanes) is 1. The van der Waals surface area contributed by atoms with Crippen LogP contribution >= 0.6 is 0 Å². The fourth-order valence-corrected chi connectivity index (χ4v) is 2.32. The van der Waals surface area contributed by atoms with Crippen molar-refractivity contribution in [3.05, 3.63) is 65.7 Å². The number of aromatic hydroxyl groups is 1. The minimum Gasteiger partial charge on any atom is -0.507 e. The van der Waals surface area contributed by atoms with Crippen molar-refractivity contribution in [2.24, 2.45) is 4.99 Å². The topological polar surface area (TPSA) is 61.7 Å². The summed E-state index contributed by atoms with van der Waals surface area (Å²) >= 11 is 0. The summed E-state index contributed by atoms with van der Waals surface area (Å²) in [4.78, 5) is 16.9. The van der Waals surface area contributed by atoms with E-state index in [1.54, 1.807) is 24.4 Å². The number of carbonyl (C=O) groups is 1. The maximum atomic E-state index is 12.4. The van der Waals surface area contributed by atoms with Crippen molar-refractivity contribution in [2.75, 3.05) is 6.54 Å². The number of nitrogens with zero attached hydrogens (tertiary/aromatic N) is 1. The molecular weight excluding hydrogens is 300 g/mol. The number of hydrogen-bond acceptors (Lipinski definition) is 3. The number of rotatable bonds is 8. The molecule has 0 radical (unpaired) electrons. The van der Waals surface area contributed by atoms with Crippen molar-refractivity contribution in [3.63, 3.8) is 0 Å². The Morgan fingerprint density at radius 3 is 2.58 bits per heavy atom. The zero-order valence-electron chi connectivity index (χ0n) is 14.0. The number of phenols is 1. The third-order valence-corrected chi connectivity index (χ3v) is 3.73. The van der Waals surface area contributed by atoms with E-state index in [4.69, 9.17) is 0 Å². The molecule has 0 aliphatic carbocycles. The van der Waals surface area contributed by atoms with Crippen LogP contribution in [0.2, 0.25) is 0 Å². The molecule has 0 saturated heterocycles. The second kappa shape index (κ2) is 9.50. The number of nitrogens with one attached hydrogen (secondary N) is 1. The number of aliphatic imine (C=N–C) groups is 1. The van der Waals surface area contributed by atoms with Gasteiger partial charge < -0.3 is 10.4 Å². The van der Waals surface area contributed by atoms with Gasteiger partial charge in [0.15, 0.2) is 0 Å². The monoisotopic (exact) mass is 324 g/mol. The van der Waals surface area contributed by atoms with Crippen molar-refractivity contribution in [1.82, 2.24) is 5.32 Å². The Morgan fingerprint density at radius 2 is 1.88 bits per heavy atom. The zero-order valence-corrected chi connectivity index (χ0v) is 14.0. The van der Waals surface area contributed by atoms with Crippen LogP contribution in [0.15, 0.2) is 59.6 Å². The first-order valence-electron chi connectivity index (χ1n) is 8.33. The van der Waals surface area contributed by atoms with Crippen LogP contribution < -0.4 is 5.32 Å². The molecule has 0 unspecified atom stereocenters. The predicted molar refractivity (Wildman–Crippen MR) is 97.6 cm³/mol. The first-order valence-corrected chi connectivity index (χ1v) is 8.33. The molecule has 1 amide bonds. The lowest BCUT2D eigenvalue weighted by atomic mass is 10.1. The Bertz CT molecular complexity index is 668. The number of para-hydroxylation sites is 1. The summed E-state index contributed by atoms with van der Waals surface area (Å²) in [6.07, 6.45) is 4.09. The molecule has 2 N–H and O–H groups in total. The summed E-state index contributed by atoms with van der Waals surface area (Å²) in [5.41, 5.74) is 1.67. The van der Waals surface area contributed by atoms with Gasteiger partial charge in [0.1, 0.15) is 11.8 Å². The smallest absolute Gasteiger partial charge is 0.245 e. The van der Waals surface area contributed by atoms with Crippen LogP contribution in [0, 0.1) is 0 Å². The lowest BCUT2D eigenvalue weighted by molar-refractivity contribution is -0.122. The van der Waals surface area contributed by atoms with Gasteiger partial charge in [0.05, 0.1) is 0 Å². The number of hydrogen-bond donors (Lipinski definition) is 2. The molecule has 2 aromatic rings. The minimum atomic E-state index is -0.510. The molecule has 4 heteroatoms. The summed E-state index contributed by atoms with van der Waals surface area (Å²) in [6.45, 7) is 2.75. The van der Waals surface area contributed by atoms with Crippen LogP contribution in [0.5, 0.6) is 5.75 Å². The molecule has 4 nitrogen and oxygen atoms in total. The van der Waals surface area contributed by atoms with Gasteiger partial charge in [-0.1, -0.05) is 55.8 Å². The summed E-state index contributed by atoms with van der Waals surface area (Å²) in [7, 11) is 0. The van der Waals surface area contributed by atoms with E-state index < -0.39 is 6.04 Å². The molecule has 1 atom stereocenters. The first kappa shape index (κ1) is 17.7. The Balaban J connectivity index is 2.12. The Kier molecular flexibility index (Phi) is 7.02. The van der Waals surface area contributed by atoms with Crippen LogP contribution in [-0.4, -0.2) is 29.8 Å². The molecule has 0 heterocycles. The fraction of sp³-hybridized carbons (Fsp3) is 0.300. The van der Waals surface area contributed by atoms with Crippen LogP contribution in [0.4, 0.5) is 0 Å². The number of phenolic OH excluding ortho intramolecular Hbond substituents is 1. The van der Waals surface area contributed by atoms with E-state index >= 15 is 0 Å². The molecule has 0 fully saturated rings. The van der Waals surface area contributed by atoms with Crippen LogP contribution in [0.3, 0.4) is 0 Å². The second-order valence-electron chi connectivity index (χ2n) is 5.69. The van der Waals surface area contributed by atoms with Gasteiger partial charge in [-0.15, -0.1) is 0 Å². The van der Waals surface area contributed by atoms with Gasteiger partial charge in [0.25, 0.3) is 0 Å². The number of carbonyl (C=O) groups excluding carboxylic acids is 1. The van der Waals surface area contributed by atoms with E-state index in [9.17, 15) is 9.90 Å². The summed E-state index contributed by atoms with van der Waals surface area (Å²) in [5.74, 6) is 0.0741. The van der Waals surface area contributed by atoms with Gasteiger partial charge in [-0.3, -0.25) is 9.79 Å². The maximum Gasteiger partial charge on any atom is 0.245 e. The van der Waals surface area contributed by atoms with Gasteiger partial charge >= 0.3 is 0 Å². The molecule has 0 bridgehead atoms. The van der Waals surface area contributed by atoms with Gasteiger partial charge in [0, 0.05) is 24.7 Å². The van der Waals surface area contributed by atoms with E-state index in [1.807, 2.05) is 36.4 Å². The molecule has 2 rings (SSSR count). The van der Waals surface area contributed by atoms with E-state index in [2.05, 4.69) is 17.2 Å². The lowest BCUT2D eigenvalue weighted by Crippen LogP contribution is -2.35. The largest absolute Gasteiger partial charge is 0.507 e. The Hall–Kier alpha value is -2.62. The normalized spacial score (nSPS) is 12.2. The second-order valence-corrected chi connectivity index (χ2v) is 5.69. The highest BCUT2D eigenvalue weighted by molar-refractivity contribution is 5.88. The lowest BCUT2D eigenvalue weighted by Gasteiger charge is -2.13. The van der Waals surface area contributed by atoms with Crippen LogP contribution in [0.25, 0.3) is 0 Å². The maximum absolute atomic E-state index is 12.4. The summed E-state index contributed by atoms with van der Waals surface area (Å²) in [6, 6.07) is 16.3. The summed E-state index contributed by atoms with van der Waals surface area (Å²) in [5, 5.41) is 12.8. The molecule has 126 valence electrons. The van der Waals surface area contributed by atoms with Gasteiger partial charge in [-0.05, 0) is 24.1 Å². The Labute approximate surface area is 143 Å². The molecule has 0 saturated carbocycles. The average molecular weight is 324 g/mol. The molecule has 24 heavy (non-hydrogen) atoms. The minimum absolute atomic E-state index is 0.0843. The van der Waals surface area contributed by atoms with Crippen molar-refractivity contribution in [3.8, 4) is 5.75 Å². The standard InChI is InChI=1S/C20H24N2O2/c1-2-3-13-21-20(24)18(14-16-9-5-4-6-10-16)22-15-17-11-7-8-12-19(17)23/h4-12,15,18,23H,2-3,13-14H2,1H3,(H,21,24)/t18-/m0/s1. The SMILES string of the molecule is CCCCNC(=O)[C@H](Cc1ccccc1)N=Cc1ccccc1O. The van der Waals surface area contributed by atoms with Crippen molar-refractivity contribution < 1.29 is 9.90 Å². The van der Waals surface area contributed by atoms with E-state index in [-0.39, 0.29) is 11.7 Å². The van der Waals surface area contributed by atoms with Gasteiger partial charge in [-0.25, -0.2) is 0 Å². The predicted octanol–water partition coefficient (Wildman–Crippen LogP) is 3.34. The molecule has 0 spiro atoms. The Morgan fingerprint density at radius 1 is 1.17 bits per heavy atom. The number of amides is 1. The van der Waals surface area contributed by atoms with Crippen molar-refractivity contribution in [1.29, 1.82) is 0 Å². The van der Waals surface area contributed by atoms with Crippen LogP contribution in [0.1, 0.15) is 30.9 Å². The molecule has 0 aliphatic rings. The zero-order chi connectivity index (χ0) is 17.2. The highest BCUT2D eigenvalue weighted by Crippen LogP contribution is 2.14. The van der Waals surface area contributed by atoms with Crippen molar-refractivity contribution >= 4 is 12.1 Å². The van der Waals surface area contributed by atoms with Gasteiger partial charge in [-0.2, -0.15) is 0 Å². The fourth-order valence-electron chi connectivity index (χ4n) is 2.32. The highest BCUT2D eigenvalue weighted by atomic mass is 16.3.